The predicted molar refractivity (Wildman–Crippen MR) is 97.7 cm³/mol. The molecule has 4 rings (SSSR count). The van der Waals surface area contributed by atoms with Gasteiger partial charge < -0.3 is 10.5 Å². The highest BCUT2D eigenvalue weighted by Gasteiger charge is 2.36. The predicted octanol–water partition coefficient (Wildman–Crippen LogP) is 2.01. The number of anilines is 1. The van der Waals surface area contributed by atoms with Crippen LogP contribution in [0.1, 0.15) is 24.0 Å². The summed E-state index contributed by atoms with van der Waals surface area (Å²) in [5.74, 6) is -0.353. The maximum atomic E-state index is 13.3. The maximum Gasteiger partial charge on any atom is 0.264 e. The number of benzene rings is 2. The number of carbonyl (C=O) groups is 1. The molecule has 1 atom stereocenters. The van der Waals surface area contributed by atoms with E-state index in [4.69, 9.17) is 10.5 Å². The molecule has 2 aromatic carbocycles. The minimum Gasteiger partial charge on any atom is -0.476 e. The molecule has 26 heavy (non-hydrogen) atoms. The number of ether oxygens (including phenoxy) is 1. The molecule has 0 saturated carbocycles. The Kier molecular flexibility index (Phi) is 4.11. The lowest BCUT2D eigenvalue weighted by Crippen LogP contribution is -2.49. The van der Waals surface area contributed by atoms with E-state index >= 15 is 0 Å². The van der Waals surface area contributed by atoms with Crippen molar-refractivity contribution in [1.82, 2.24) is 0 Å². The number of nitrogens with zero attached hydrogens (tertiary/aromatic N) is 1. The highest BCUT2D eigenvalue weighted by Crippen LogP contribution is 2.37. The number of aryl methyl sites for hydroxylation is 2. The molecule has 0 fully saturated rings. The molecule has 2 aromatic rings. The number of hydrogen-bond donors (Lipinski definition) is 1. The van der Waals surface area contributed by atoms with Gasteiger partial charge in [0.15, 0.2) is 6.10 Å². The van der Waals surface area contributed by atoms with Crippen molar-refractivity contribution in [1.29, 1.82) is 0 Å². The van der Waals surface area contributed by atoms with Crippen LogP contribution >= 0.6 is 0 Å². The lowest BCUT2D eigenvalue weighted by atomic mass is 9.92. The van der Waals surface area contributed by atoms with Crippen molar-refractivity contribution in [2.45, 2.75) is 36.7 Å². The van der Waals surface area contributed by atoms with Crippen molar-refractivity contribution >= 4 is 21.6 Å². The van der Waals surface area contributed by atoms with E-state index in [0.29, 0.717) is 11.4 Å². The Morgan fingerprint density at radius 2 is 1.81 bits per heavy atom. The average Bonchev–Trinajstić information content (AvgIpc) is 2.66. The van der Waals surface area contributed by atoms with Crippen LogP contribution in [0.4, 0.5) is 5.69 Å². The Morgan fingerprint density at radius 3 is 2.58 bits per heavy atom. The second-order valence-electron chi connectivity index (χ2n) is 6.65. The summed E-state index contributed by atoms with van der Waals surface area (Å²) in [5, 5.41) is 0. The van der Waals surface area contributed by atoms with Gasteiger partial charge in [-0.1, -0.05) is 18.2 Å². The van der Waals surface area contributed by atoms with Crippen LogP contribution in [0.2, 0.25) is 0 Å². The normalized spacial score (nSPS) is 19.2. The van der Waals surface area contributed by atoms with Gasteiger partial charge in [0.2, 0.25) is 0 Å². The van der Waals surface area contributed by atoms with Crippen LogP contribution < -0.4 is 14.8 Å². The zero-order valence-corrected chi connectivity index (χ0v) is 15.0. The number of hydrogen-bond acceptors (Lipinski definition) is 4. The lowest BCUT2D eigenvalue weighted by molar-refractivity contribution is -0.124. The topological polar surface area (TPSA) is 89.7 Å². The van der Waals surface area contributed by atoms with E-state index in [1.165, 1.54) is 9.87 Å². The molecule has 136 valence electrons. The number of carbonyl (C=O) groups excluding carboxylic acids is 1. The van der Waals surface area contributed by atoms with Crippen molar-refractivity contribution in [3.8, 4) is 5.75 Å². The van der Waals surface area contributed by atoms with Gasteiger partial charge in [0.05, 0.1) is 17.1 Å². The van der Waals surface area contributed by atoms with Crippen molar-refractivity contribution < 1.29 is 17.9 Å². The van der Waals surface area contributed by atoms with Gasteiger partial charge in [-0.3, -0.25) is 9.10 Å². The van der Waals surface area contributed by atoms with Gasteiger partial charge in [-0.2, -0.15) is 0 Å². The SMILES string of the molecule is NC(=O)[C@@H]1CN(S(=O)(=O)c2ccc3c(c2)CCCC3)c2ccccc2O1. The first-order valence-corrected chi connectivity index (χ1v) is 10.1. The lowest BCUT2D eigenvalue weighted by Gasteiger charge is -2.34. The van der Waals surface area contributed by atoms with Gasteiger partial charge in [0.1, 0.15) is 5.75 Å². The molecule has 6 nitrogen and oxygen atoms in total. The van der Waals surface area contributed by atoms with Gasteiger partial charge in [0, 0.05) is 0 Å². The summed E-state index contributed by atoms with van der Waals surface area (Å²) >= 11 is 0. The summed E-state index contributed by atoms with van der Waals surface area (Å²) in [6.07, 6.45) is 3.07. The van der Waals surface area contributed by atoms with E-state index in [0.717, 1.165) is 31.2 Å². The summed E-state index contributed by atoms with van der Waals surface area (Å²) in [7, 11) is -3.83. The van der Waals surface area contributed by atoms with Crippen molar-refractivity contribution in [3.63, 3.8) is 0 Å². The number of amides is 1. The highest BCUT2D eigenvalue weighted by molar-refractivity contribution is 7.92. The smallest absolute Gasteiger partial charge is 0.264 e. The van der Waals surface area contributed by atoms with Crippen LogP contribution in [0.5, 0.6) is 5.75 Å². The molecule has 0 radical (unpaired) electrons. The van der Waals surface area contributed by atoms with E-state index in [-0.39, 0.29) is 11.4 Å². The van der Waals surface area contributed by atoms with Crippen LogP contribution in [-0.2, 0) is 27.7 Å². The number of nitrogens with two attached hydrogens (primary N) is 1. The largest absolute Gasteiger partial charge is 0.476 e. The van der Waals surface area contributed by atoms with E-state index in [2.05, 4.69) is 0 Å². The zero-order chi connectivity index (χ0) is 18.3. The summed E-state index contributed by atoms with van der Waals surface area (Å²) in [6, 6.07) is 12.1. The minimum absolute atomic E-state index is 0.133. The molecule has 1 aliphatic heterocycles. The number of para-hydroxylation sites is 2. The first-order valence-electron chi connectivity index (χ1n) is 8.66. The molecular weight excluding hydrogens is 352 g/mol. The Hall–Kier alpha value is -2.54. The molecular formula is C19H20N2O4S. The second-order valence-corrected chi connectivity index (χ2v) is 8.51. The third-order valence-electron chi connectivity index (χ3n) is 4.96. The molecule has 2 N–H and O–H groups in total. The second kappa shape index (κ2) is 6.32. The van der Waals surface area contributed by atoms with Gasteiger partial charge in [-0.25, -0.2) is 8.42 Å². The summed E-state index contributed by atoms with van der Waals surface area (Å²) in [5.41, 5.74) is 8.10. The number of primary amides is 1. The molecule has 7 heteroatoms. The quantitative estimate of drug-likeness (QED) is 0.892. The van der Waals surface area contributed by atoms with Crippen LogP contribution in [-0.4, -0.2) is 27.0 Å². The standard InChI is InChI=1S/C19H20N2O4S/c20-19(22)18-12-21(16-7-3-4-8-17(16)25-18)26(23,24)15-10-9-13-5-1-2-6-14(13)11-15/h3-4,7-11,18H,1-2,5-6,12H2,(H2,20,22)/t18-/m0/s1. The third kappa shape index (κ3) is 2.82. The molecule has 0 bridgehead atoms. The molecule has 0 aromatic heterocycles. The molecule has 0 saturated heterocycles. The Balaban J connectivity index is 1.78. The van der Waals surface area contributed by atoms with E-state index in [1.807, 2.05) is 6.07 Å². The first kappa shape index (κ1) is 16.9. The van der Waals surface area contributed by atoms with Crippen LogP contribution in [0.25, 0.3) is 0 Å². The maximum absolute atomic E-state index is 13.3. The summed E-state index contributed by atoms with van der Waals surface area (Å²) in [4.78, 5) is 11.9. The van der Waals surface area contributed by atoms with Gasteiger partial charge in [0.25, 0.3) is 15.9 Å². The molecule has 2 aliphatic rings. The van der Waals surface area contributed by atoms with Gasteiger partial charge in [-0.05, 0) is 61.1 Å². The third-order valence-corrected chi connectivity index (χ3v) is 6.74. The van der Waals surface area contributed by atoms with Crippen LogP contribution in [0.3, 0.4) is 0 Å². The molecule has 0 unspecified atom stereocenters. The van der Waals surface area contributed by atoms with Crippen LogP contribution in [0.15, 0.2) is 47.4 Å². The highest BCUT2D eigenvalue weighted by atomic mass is 32.2. The van der Waals surface area contributed by atoms with Gasteiger partial charge in [-0.15, -0.1) is 0 Å². The van der Waals surface area contributed by atoms with Crippen molar-refractivity contribution in [2.24, 2.45) is 5.73 Å². The Morgan fingerprint density at radius 1 is 1.08 bits per heavy atom. The molecule has 1 aliphatic carbocycles. The van der Waals surface area contributed by atoms with E-state index in [1.54, 1.807) is 36.4 Å². The Bertz CT molecular complexity index is 971. The monoisotopic (exact) mass is 372 g/mol. The fourth-order valence-corrected chi connectivity index (χ4v) is 5.10. The first-order chi connectivity index (χ1) is 12.5. The fourth-order valence-electron chi connectivity index (χ4n) is 3.58. The molecule has 1 amide bonds. The number of rotatable bonds is 3. The Labute approximate surface area is 152 Å². The average molecular weight is 372 g/mol. The summed E-state index contributed by atoms with van der Waals surface area (Å²) < 4.78 is 33.4. The zero-order valence-electron chi connectivity index (χ0n) is 14.2. The van der Waals surface area contributed by atoms with E-state index in [9.17, 15) is 13.2 Å². The van der Waals surface area contributed by atoms with E-state index < -0.39 is 22.0 Å². The number of fused-ring (bicyclic) bond motifs is 2. The van der Waals surface area contributed by atoms with Crippen molar-refractivity contribution in [2.75, 3.05) is 10.8 Å². The summed E-state index contributed by atoms with van der Waals surface area (Å²) in [6.45, 7) is -0.133. The molecule has 0 spiro atoms. The fraction of sp³-hybridized carbons (Fsp3) is 0.316. The van der Waals surface area contributed by atoms with Gasteiger partial charge >= 0.3 is 0 Å². The van der Waals surface area contributed by atoms with Crippen molar-refractivity contribution in [3.05, 3.63) is 53.6 Å². The number of sulfonamides is 1. The minimum atomic E-state index is -3.83. The van der Waals surface area contributed by atoms with Crippen LogP contribution in [0, 0.1) is 0 Å². The molecule has 1 heterocycles.